The summed E-state index contributed by atoms with van der Waals surface area (Å²) in [5, 5.41) is 0. The first-order chi connectivity index (χ1) is 13.1. The molecule has 1 aliphatic heterocycles. The minimum absolute atomic E-state index is 0.202. The van der Waals surface area contributed by atoms with Crippen LogP contribution < -0.4 is 14.2 Å². The van der Waals surface area contributed by atoms with Gasteiger partial charge in [0.25, 0.3) is 5.91 Å². The number of nitrogens with zero attached hydrogens (tertiary/aromatic N) is 1. The molecule has 0 aromatic heterocycles. The molecule has 0 unspecified atom stereocenters. The Hall–Kier alpha value is -3.22. The van der Waals surface area contributed by atoms with Gasteiger partial charge >= 0.3 is 5.97 Å². The lowest BCUT2D eigenvalue weighted by molar-refractivity contribution is -0.134. The van der Waals surface area contributed by atoms with Crippen LogP contribution in [0.1, 0.15) is 22.8 Å². The van der Waals surface area contributed by atoms with Gasteiger partial charge in [0.15, 0.2) is 18.1 Å². The van der Waals surface area contributed by atoms with Crippen LogP contribution in [0.25, 0.3) is 0 Å². The molecule has 0 bridgehead atoms. The van der Waals surface area contributed by atoms with Gasteiger partial charge in [-0.05, 0) is 36.8 Å². The van der Waals surface area contributed by atoms with Crippen LogP contribution in [0.5, 0.6) is 17.2 Å². The lowest BCUT2D eigenvalue weighted by Gasteiger charge is -2.21. The van der Waals surface area contributed by atoms with Gasteiger partial charge in [0.2, 0.25) is 6.79 Å². The lowest BCUT2D eigenvalue weighted by Crippen LogP contribution is -2.34. The van der Waals surface area contributed by atoms with Crippen LogP contribution in [-0.2, 0) is 16.1 Å². The van der Waals surface area contributed by atoms with Crippen LogP contribution in [0.3, 0.4) is 0 Å². The lowest BCUT2D eigenvalue weighted by atomic mass is 10.2. The number of rotatable bonds is 7. The second-order valence-corrected chi connectivity index (χ2v) is 5.87. The van der Waals surface area contributed by atoms with E-state index in [1.165, 1.54) is 7.11 Å². The summed E-state index contributed by atoms with van der Waals surface area (Å²) in [6.45, 7) is 2.61. The van der Waals surface area contributed by atoms with Gasteiger partial charge in [-0.25, -0.2) is 4.79 Å². The number of methoxy groups -OCH3 is 1. The van der Waals surface area contributed by atoms with E-state index in [0.29, 0.717) is 30.3 Å². The van der Waals surface area contributed by atoms with E-state index >= 15 is 0 Å². The largest absolute Gasteiger partial charge is 0.496 e. The summed E-state index contributed by atoms with van der Waals surface area (Å²) in [6.07, 6.45) is 0. The Bertz CT molecular complexity index is 835. The van der Waals surface area contributed by atoms with Gasteiger partial charge in [-0.2, -0.15) is 0 Å². The predicted molar refractivity (Wildman–Crippen MR) is 96.9 cm³/mol. The van der Waals surface area contributed by atoms with Gasteiger partial charge < -0.3 is 23.8 Å². The van der Waals surface area contributed by atoms with Gasteiger partial charge in [-0.15, -0.1) is 0 Å². The molecule has 3 rings (SSSR count). The van der Waals surface area contributed by atoms with E-state index < -0.39 is 5.97 Å². The molecule has 0 fully saturated rings. The maximum atomic E-state index is 12.5. The summed E-state index contributed by atoms with van der Waals surface area (Å²) in [5.41, 5.74) is 1.19. The van der Waals surface area contributed by atoms with Crippen molar-refractivity contribution in [3.63, 3.8) is 0 Å². The highest BCUT2D eigenvalue weighted by atomic mass is 16.7. The van der Waals surface area contributed by atoms with Crippen LogP contribution in [0.4, 0.5) is 0 Å². The van der Waals surface area contributed by atoms with Crippen LogP contribution >= 0.6 is 0 Å². The molecule has 2 aromatic rings. The number of para-hydroxylation sites is 1. The molecule has 0 spiro atoms. The van der Waals surface area contributed by atoms with Crippen LogP contribution in [0, 0.1) is 0 Å². The van der Waals surface area contributed by atoms with Gasteiger partial charge in [0, 0.05) is 13.1 Å². The zero-order valence-electron chi connectivity index (χ0n) is 15.3. The highest BCUT2D eigenvalue weighted by Crippen LogP contribution is 2.32. The average molecular weight is 371 g/mol. The molecular formula is C20H21NO6. The molecule has 2 aromatic carbocycles. The topological polar surface area (TPSA) is 74.3 Å². The molecular weight excluding hydrogens is 350 g/mol. The van der Waals surface area contributed by atoms with Crippen molar-refractivity contribution in [3.05, 3.63) is 53.6 Å². The monoisotopic (exact) mass is 371 g/mol. The number of benzene rings is 2. The van der Waals surface area contributed by atoms with Crippen molar-refractivity contribution in [2.45, 2.75) is 13.5 Å². The fraction of sp³-hybridized carbons (Fsp3) is 0.300. The summed E-state index contributed by atoms with van der Waals surface area (Å²) >= 11 is 0. The fourth-order valence-electron chi connectivity index (χ4n) is 2.75. The standard InChI is InChI=1S/C20H21NO6/c1-3-21(11-14-8-9-17-18(10-14)27-13-26-17)19(22)12-25-20(23)15-6-4-5-7-16(15)24-2/h4-10H,3,11-13H2,1-2H3. The van der Waals surface area contributed by atoms with Gasteiger partial charge in [0.1, 0.15) is 11.3 Å². The molecule has 0 radical (unpaired) electrons. The minimum atomic E-state index is -0.597. The number of likely N-dealkylation sites (N-methyl/N-ethyl adjacent to an activating group) is 1. The molecule has 0 atom stereocenters. The summed E-state index contributed by atoms with van der Waals surface area (Å²) in [6, 6.07) is 12.3. The maximum absolute atomic E-state index is 12.5. The highest BCUT2D eigenvalue weighted by Gasteiger charge is 2.19. The molecule has 7 heteroatoms. The van der Waals surface area contributed by atoms with E-state index in [0.717, 1.165) is 5.56 Å². The summed E-state index contributed by atoms with van der Waals surface area (Å²) in [7, 11) is 1.47. The summed E-state index contributed by atoms with van der Waals surface area (Å²) in [5.74, 6) is 0.887. The third-order valence-corrected chi connectivity index (χ3v) is 4.20. The third kappa shape index (κ3) is 4.31. The maximum Gasteiger partial charge on any atom is 0.342 e. The number of carbonyl (C=O) groups is 2. The Morgan fingerprint density at radius 2 is 1.89 bits per heavy atom. The van der Waals surface area contributed by atoms with Crippen molar-refractivity contribution < 1.29 is 28.5 Å². The second-order valence-electron chi connectivity index (χ2n) is 5.87. The van der Waals surface area contributed by atoms with E-state index in [1.54, 1.807) is 29.2 Å². The Balaban J connectivity index is 1.59. The molecule has 0 aliphatic carbocycles. The number of hydrogen-bond donors (Lipinski definition) is 0. The Labute approximate surface area is 157 Å². The van der Waals surface area contributed by atoms with Crippen molar-refractivity contribution in [2.75, 3.05) is 27.1 Å². The highest BCUT2D eigenvalue weighted by molar-refractivity contribution is 5.94. The number of fused-ring (bicyclic) bond motifs is 1. The quantitative estimate of drug-likeness (QED) is 0.697. The van der Waals surface area contributed by atoms with Crippen molar-refractivity contribution >= 4 is 11.9 Å². The smallest absolute Gasteiger partial charge is 0.342 e. The van der Waals surface area contributed by atoms with Gasteiger partial charge in [-0.1, -0.05) is 18.2 Å². The Morgan fingerprint density at radius 3 is 2.67 bits per heavy atom. The normalized spacial score (nSPS) is 11.8. The molecule has 0 N–H and O–H groups in total. The first kappa shape index (κ1) is 18.6. The number of ether oxygens (including phenoxy) is 4. The number of esters is 1. The fourth-order valence-corrected chi connectivity index (χ4v) is 2.75. The molecule has 7 nitrogen and oxygen atoms in total. The van der Waals surface area contributed by atoms with E-state index in [1.807, 2.05) is 25.1 Å². The third-order valence-electron chi connectivity index (χ3n) is 4.20. The molecule has 1 amide bonds. The number of amides is 1. The molecule has 142 valence electrons. The van der Waals surface area contributed by atoms with Crippen LogP contribution in [0.15, 0.2) is 42.5 Å². The van der Waals surface area contributed by atoms with E-state index in [2.05, 4.69) is 0 Å². The summed E-state index contributed by atoms with van der Waals surface area (Å²) in [4.78, 5) is 26.3. The second kappa shape index (κ2) is 8.44. The van der Waals surface area contributed by atoms with E-state index in [-0.39, 0.29) is 24.9 Å². The molecule has 1 aliphatic rings. The zero-order chi connectivity index (χ0) is 19.2. The number of hydrogen-bond acceptors (Lipinski definition) is 6. The van der Waals surface area contributed by atoms with Crippen LogP contribution in [0.2, 0.25) is 0 Å². The molecule has 0 saturated heterocycles. The van der Waals surface area contributed by atoms with Gasteiger partial charge in [-0.3, -0.25) is 4.79 Å². The first-order valence-electron chi connectivity index (χ1n) is 8.58. The Morgan fingerprint density at radius 1 is 1.11 bits per heavy atom. The van der Waals surface area contributed by atoms with E-state index in [9.17, 15) is 9.59 Å². The molecule has 27 heavy (non-hydrogen) atoms. The SMILES string of the molecule is CCN(Cc1ccc2c(c1)OCO2)C(=O)COC(=O)c1ccccc1OC. The zero-order valence-corrected chi connectivity index (χ0v) is 15.3. The van der Waals surface area contributed by atoms with Crippen molar-refractivity contribution in [3.8, 4) is 17.2 Å². The number of carbonyl (C=O) groups excluding carboxylic acids is 2. The molecule has 0 saturated carbocycles. The average Bonchev–Trinajstić information content (AvgIpc) is 3.17. The Kier molecular flexibility index (Phi) is 5.80. The van der Waals surface area contributed by atoms with Crippen molar-refractivity contribution in [1.29, 1.82) is 0 Å². The predicted octanol–water partition coefficient (Wildman–Crippen LogP) is 2.63. The molecule has 1 heterocycles. The minimum Gasteiger partial charge on any atom is -0.496 e. The van der Waals surface area contributed by atoms with E-state index in [4.69, 9.17) is 18.9 Å². The van der Waals surface area contributed by atoms with Crippen molar-refractivity contribution in [2.24, 2.45) is 0 Å². The van der Waals surface area contributed by atoms with Gasteiger partial charge in [0.05, 0.1) is 7.11 Å². The van der Waals surface area contributed by atoms with Crippen LogP contribution in [-0.4, -0.2) is 43.8 Å². The summed E-state index contributed by atoms with van der Waals surface area (Å²) < 4.78 is 21.0. The first-order valence-corrected chi connectivity index (χ1v) is 8.58. The van der Waals surface area contributed by atoms with Crippen molar-refractivity contribution in [1.82, 2.24) is 4.90 Å².